The summed E-state index contributed by atoms with van der Waals surface area (Å²) in [4.78, 5) is 52.3. The fraction of sp³-hybridized carbons (Fsp3) is 0.656. The minimum Gasteiger partial charge on any atom is -0.460 e. The molecule has 1 aromatic carbocycles. The average Bonchev–Trinajstić information content (AvgIpc) is 3.13. The van der Waals surface area contributed by atoms with Crippen LogP contribution in [0.15, 0.2) is 41.3 Å². The van der Waals surface area contributed by atoms with Crippen molar-refractivity contribution >= 4 is 33.2 Å². The van der Waals surface area contributed by atoms with Crippen molar-refractivity contribution in [2.24, 2.45) is 39.9 Å². The monoisotopic (exact) mass is 658 g/mol. The second-order valence-electron chi connectivity index (χ2n) is 14.6. The number of carbonyl (C=O) groups is 3. The van der Waals surface area contributed by atoms with Crippen LogP contribution in [0, 0.1) is 50.0 Å². The van der Waals surface area contributed by atoms with E-state index in [4.69, 9.17) is 9.47 Å². The van der Waals surface area contributed by atoms with Gasteiger partial charge in [0.25, 0.3) is 5.69 Å². The number of piperidine rings is 1. The van der Waals surface area contributed by atoms with Gasteiger partial charge in [0.15, 0.2) is 10.7 Å². The maximum Gasteiger partial charge on any atom is 0.309 e. The van der Waals surface area contributed by atoms with Crippen LogP contribution in [0.1, 0.15) is 52.4 Å². The summed E-state index contributed by atoms with van der Waals surface area (Å²) in [6.45, 7) is 7.58. The fourth-order valence-corrected chi connectivity index (χ4v) is 11.9. The molecule has 46 heavy (non-hydrogen) atoms. The Balaban J connectivity index is 1.18. The maximum atomic E-state index is 14.3. The van der Waals surface area contributed by atoms with Crippen molar-refractivity contribution in [2.75, 3.05) is 19.7 Å². The molecule has 4 saturated carbocycles. The SMILES string of the molecule is C=C1C(=O)[C@]23[C@H](OC(=O)C4CCN(S(=O)(=O)c5ccccc5[N+](=O)[O-])CC4)[C@H]1CC[C@H]2[C@@]12CO[C@@]3(O)[C@@H](O)[C@@H]1C(C)(C)CCC2=O. The van der Waals surface area contributed by atoms with Gasteiger partial charge < -0.3 is 19.7 Å². The van der Waals surface area contributed by atoms with Crippen LogP contribution in [0.3, 0.4) is 0 Å². The first-order valence-electron chi connectivity index (χ1n) is 15.8. The van der Waals surface area contributed by atoms with Crippen LogP contribution in [0.2, 0.25) is 0 Å². The lowest BCUT2D eigenvalue weighted by Gasteiger charge is -2.73. The highest BCUT2D eigenvalue weighted by molar-refractivity contribution is 7.89. The maximum absolute atomic E-state index is 14.3. The lowest BCUT2D eigenvalue weighted by Crippen LogP contribution is -2.85. The molecule has 4 aliphatic carbocycles. The first kappa shape index (κ1) is 31.6. The third kappa shape index (κ3) is 3.70. The number of ether oxygens (including phenoxy) is 2. The van der Waals surface area contributed by atoms with Gasteiger partial charge in [0.05, 0.1) is 22.9 Å². The molecule has 0 amide bonds. The summed E-state index contributed by atoms with van der Waals surface area (Å²) in [6.07, 6.45) is -1.17. The van der Waals surface area contributed by atoms with Gasteiger partial charge in [0, 0.05) is 37.4 Å². The van der Waals surface area contributed by atoms with Gasteiger partial charge >= 0.3 is 5.97 Å². The lowest BCUT2D eigenvalue weighted by molar-refractivity contribution is -0.437. The second kappa shape index (κ2) is 9.99. The highest BCUT2D eigenvalue weighted by atomic mass is 32.2. The van der Waals surface area contributed by atoms with Gasteiger partial charge in [-0.15, -0.1) is 0 Å². The van der Waals surface area contributed by atoms with Gasteiger partial charge in [0.1, 0.15) is 23.4 Å². The first-order chi connectivity index (χ1) is 21.6. The van der Waals surface area contributed by atoms with Crippen LogP contribution in [-0.4, -0.2) is 83.1 Å². The Morgan fingerprint density at radius 1 is 1.15 bits per heavy atom. The molecule has 1 aromatic rings. The van der Waals surface area contributed by atoms with Crippen molar-refractivity contribution in [1.82, 2.24) is 4.31 Å². The zero-order chi connectivity index (χ0) is 33.2. The van der Waals surface area contributed by atoms with Gasteiger partial charge in [-0.3, -0.25) is 24.5 Å². The number of hydrogen-bond donors (Lipinski definition) is 2. The van der Waals surface area contributed by atoms with Gasteiger partial charge in [-0.05, 0) is 55.1 Å². The van der Waals surface area contributed by atoms with E-state index in [1.54, 1.807) is 0 Å². The van der Waals surface area contributed by atoms with E-state index in [9.17, 15) is 43.1 Å². The number of rotatable bonds is 5. The van der Waals surface area contributed by atoms with Gasteiger partial charge in [-0.2, -0.15) is 4.31 Å². The fourth-order valence-electron chi connectivity index (χ4n) is 10.3. The number of sulfonamides is 1. The molecule has 8 rings (SSSR count). The average molecular weight is 659 g/mol. The normalized spacial score (nSPS) is 40.3. The smallest absolute Gasteiger partial charge is 0.309 e. The largest absolute Gasteiger partial charge is 0.460 e. The van der Waals surface area contributed by atoms with Crippen LogP contribution in [-0.2, 0) is 33.9 Å². The topological polar surface area (TPSA) is 191 Å². The summed E-state index contributed by atoms with van der Waals surface area (Å²) in [5, 5.41) is 35.7. The van der Waals surface area contributed by atoms with Gasteiger partial charge in [-0.1, -0.05) is 32.6 Å². The molecule has 8 atom stereocenters. The number of hydrogen-bond acceptors (Lipinski definition) is 11. The van der Waals surface area contributed by atoms with Crippen molar-refractivity contribution in [3.05, 3.63) is 46.5 Å². The van der Waals surface area contributed by atoms with Crippen molar-refractivity contribution in [1.29, 1.82) is 0 Å². The molecule has 14 heteroatoms. The van der Waals surface area contributed by atoms with E-state index in [0.717, 1.165) is 10.4 Å². The van der Waals surface area contributed by atoms with Crippen molar-refractivity contribution in [2.45, 2.75) is 75.3 Å². The van der Waals surface area contributed by atoms with Crippen molar-refractivity contribution in [3.8, 4) is 0 Å². The molecule has 2 spiro atoms. The summed E-state index contributed by atoms with van der Waals surface area (Å²) in [7, 11) is -4.23. The van der Waals surface area contributed by atoms with Crippen LogP contribution in [0.4, 0.5) is 5.69 Å². The number of esters is 1. The Hall–Kier alpha value is -3.04. The highest BCUT2D eigenvalue weighted by Gasteiger charge is 2.88. The van der Waals surface area contributed by atoms with Gasteiger partial charge in [-0.25, -0.2) is 8.42 Å². The highest BCUT2D eigenvalue weighted by Crippen LogP contribution is 2.76. The number of nitro benzene ring substituents is 1. The summed E-state index contributed by atoms with van der Waals surface area (Å²) in [5.41, 5.74) is -4.08. The number of aliphatic hydroxyl groups excluding tert-OH is 1. The van der Waals surface area contributed by atoms with Crippen LogP contribution in [0.5, 0.6) is 0 Å². The van der Waals surface area contributed by atoms with E-state index in [0.29, 0.717) is 19.3 Å². The summed E-state index contributed by atoms with van der Waals surface area (Å²) in [5.74, 6) is -6.61. The number of carbonyl (C=O) groups excluding carboxylic acids is 3. The first-order valence-corrected chi connectivity index (χ1v) is 17.3. The molecule has 0 radical (unpaired) electrons. The molecular weight excluding hydrogens is 620 g/mol. The molecular formula is C32H38N2O11S. The summed E-state index contributed by atoms with van der Waals surface area (Å²) < 4.78 is 39.9. The molecule has 3 saturated heterocycles. The number of ketones is 2. The van der Waals surface area contributed by atoms with E-state index in [1.807, 2.05) is 13.8 Å². The molecule has 13 nitrogen and oxygen atoms in total. The van der Waals surface area contributed by atoms with Crippen LogP contribution >= 0.6 is 0 Å². The zero-order valence-electron chi connectivity index (χ0n) is 25.7. The van der Waals surface area contributed by atoms with Crippen LogP contribution in [0.25, 0.3) is 0 Å². The number of fused-ring (bicyclic) bond motifs is 2. The van der Waals surface area contributed by atoms with E-state index in [1.165, 1.54) is 18.2 Å². The predicted octanol–water partition coefficient (Wildman–Crippen LogP) is 2.14. The standard InChI is InChI=1S/C32H38N2O11S/c1-17-19-8-9-22-30-16-44-32(39,26(37)24(30)29(2,3)13-10-23(30)35)31(22,25(17)36)27(19)45-28(38)18-11-14-33(15-12-18)46(42,43)21-7-5-4-6-20(21)34(40)41/h4-7,18-19,22,24,26-27,37,39H,1,8-16H2,2-3H3/t19-,22-,24+,26-,27+,30+,31-,32-/m0/s1. The van der Waals surface area contributed by atoms with Crippen molar-refractivity contribution < 1.29 is 47.4 Å². The Labute approximate surface area is 266 Å². The second-order valence-corrected chi connectivity index (χ2v) is 16.5. The molecule has 3 aliphatic heterocycles. The Morgan fingerprint density at radius 2 is 1.83 bits per heavy atom. The number of nitro groups is 1. The third-order valence-corrected chi connectivity index (χ3v) is 14.3. The summed E-state index contributed by atoms with van der Waals surface area (Å²) >= 11 is 0. The van der Waals surface area contributed by atoms with E-state index < -0.39 is 95.2 Å². The van der Waals surface area contributed by atoms with E-state index in [-0.39, 0.29) is 50.3 Å². The molecule has 2 N–H and O–H groups in total. The number of nitrogens with zero attached hydrogens (tertiary/aromatic N) is 2. The minimum absolute atomic E-state index is 0.0590. The lowest BCUT2D eigenvalue weighted by atomic mass is 9.36. The van der Waals surface area contributed by atoms with Gasteiger partial charge in [0.2, 0.25) is 15.8 Å². The number of aliphatic hydroxyl groups is 2. The molecule has 3 heterocycles. The van der Waals surface area contributed by atoms with Crippen LogP contribution < -0.4 is 0 Å². The quantitative estimate of drug-likeness (QED) is 0.204. The minimum atomic E-state index is -4.23. The van der Waals surface area contributed by atoms with E-state index >= 15 is 0 Å². The summed E-state index contributed by atoms with van der Waals surface area (Å²) in [6, 6.07) is 5.08. The Bertz CT molecular complexity index is 1680. The predicted molar refractivity (Wildman–Crippen MR) is 158 cm³/mol. The zero-order valence-corrected chi connectivity index (χ0v) is 26.5. The number of benzene rings is 1. The Kier molecular flexibility index (Phi) is 6.85. The number of para-hydroxylation sites is 1. The molecule has 7 aliphatic rings. The van der Waals surface area contributed by atoms with E-state index in [2.05, 4.69) is 6.58 Å². The molecule has 0 aromatic heterocycles. The molecule has 248 valence electrons. The molecule has 4 bridgehead atoms. The van der Waals surface area contributed by atoms with Crippen molar-refractivity contribution in [3.63, 3.8) is 0 Å². The molecule has 7 fully saturated rings. The Morgan fingerprint density at radius 3 is 2.50 bits per heavy atom. The number of Topliss-reactive ketones (excluding diaryl/α,β-unsaturated/α-hetero) is 2. The third-order valence-electron chi connectivity index (χ3n) is 12.3. The molecule has 0 unspecified atom stereocenters.